The highest BCUT2D eigenvalue weighted by Gasteiger charge is 2.13. The summed E-state index contributed by atoms with van der Waals surface area (Å²) in [4.78, 5) is 21.6. The first-order valence-corrected chi connectivity index (χ1v) is 9.32. The molecule has 0 fully saturated rings. The third-order valence-corrected chi connectivity index (χ3v) is 4.43. The molecule has 0 aliphatic heterocycles. The van der Waals surface area contributed by atoms with Crippen LogP contribution in [0.25, 0.3) is 22.2 Å². The van der Waals surface area contributed by atoms with Crippen LogP contribution in [0.3, 0.4) is 0 Å². The second kappa shape index (κ2) is 9.03. The first kappa shape index (κ1) is 18.7. The maximum Gasteiger partial charge on any atom is 0.272 e. The number of unbranched alkanes of at least 4 members (excludes halogenated alkanes) is 2. The topological polar surface area (TPSA) is 67.2 Å². The molecular formula is C22H24N4O. The largest absolute Gasteiger partial charge is 0.272 e. The Kier molecular flexibility index (Phi) is 6.26. The van der Waals surface area contributed by atoms with Crippen molar-refractivity contribution >= 4 is 22.5 Å². The molecule has 5 nitrogen and oxygen atoms in total. The maximum atomic E-state index is 12.8. The Morgan fingerprint density at radius 2 is 1.89 bits per heavy atom. The number of fused-ring (bicyclic) bond motifs is 1. The van der Waals surface area contributed by atoms with Crippen LogP contribution in [-0.2, 0) is 0 Å². The Balaban J connectivity index is 1.90. The average molecular weight is 360 g/mol. The highest BCUT2D eigenvalue weighted by atomic mass is 16.2. The summed E-state index contributed by atoms with van der Waals surface area (Å²) in [6.45, 7) is 4.12. The number of amides is 1. The highest BCUT2D eigenvalue weighted by molar-refractivity contribution is 6.07. The minimum atomic E-state index is -0.223. The second-order valence-electron chi connectivity index (χ2n) is 6.55. The van der Waals surface area contributed by atoms with Crippen molar-refractivity contribution in [2.24, 2.45) is 5.10 Å². The van der Waals surface area contributed by atoms with Gasteiger partial charge in [0.1, 0.15) is 0 Å². The molecule has 2 heterocycles. The van der Waals surface area contributed by atoms with Crippen LogP contribution < -0.4 is 5.43 Å². The van der Waals surface area contributed by atoms with Crippen LogP contribution in [0, 0.1) is 0 Å². The molecule has 0 unspecified atom stereocenters. The van der Waals surface area contributed by atoms with Gasteiger partial charge in [0, 0.05) is 29.1 Å². The molecule has 0 aliphatic rings. The molecule has 1 aromatic carbocycles. The van der Waals surface area contributed by atoms with Gasteiger partial charge in [0.15, 0.2) is 0 Å². The molecule has 0 spiro atoms. The van der Waals surface area contributed by atoms with Crippen molar-refractivity contribution < 1.29 is 4.79 Å². The van der Waals surface area contributed by atoms with E-state index < -0.39 is 0 Å². The smallest absolute Gasteiger partial charge is 0.267 e. The molecule has 0 saturated heterocycles. The minimum Gasteiger partial charge on any atom is -0.267 e. The minimum absolute atomic E-state index is 0.223. The number of aromatic nitrogens is 2. The Bertz CT molecular complexity index is 951. The fourth-order valence-electron chi connectivity index (χ4n) is 2.93. The molecule has 3 rings (SSSR count). The maximum absolute atomic E-state index is 12.8. The SMILES string of the molecule is CCCCC/C(C)=N/NC(=O)c1cc(-c2ccncc2)nc2ccccc12. The van der Waals surface area contributed by atoms with E-state index in [2.05, 4.69) is 22.4 Å². The molecule has 2 aromatic heterocycles. The number of hydrogen-bond acceptors (Lipinski definition) is 4. The lowest BCUT2D eigenvalue weighted by Crippen LogP contribution is -2.19. The summed E-state index contributed by atoms with van der Waals surface area (Å²) in [7, 11) is 0. The molecular weight excluding hydrogens is 336 g/mol. The first-order chi connectivity index (χ1) is 13.2. The number of carbonyl (C=O) groups is 1. The number of benzene rings is 1. The number of pyridine rings is 2. The number of rotatable bonds is 7. The zero-order chi connectivity index (χ0) is 19.1. The summed E-state index contributed by atoms with van der Waals surface area (Å²) < 4.78 is 0. The van der Waals surface area contributed by atoms with Crippen molar-refractivity contribution in [1.29, 1.82) is 0 Å². The van der Waals surface area contributed by atoms with Crippen LogP contribution in [0.1, 0.15) is 49.9 Å². The van der Waals surface area contributed by atoms with Crippen LogP contribution in [0.4, 0.5) is 0 Å². The van der Waals surface area contributed by atoms with Crippen LogP contribution in [0.2, 0.25) is 0 Å². The van der Waals surface area contributed by atoms with E-state index in [1.54, 1.807) is 12.4 Å². The van der Waals surface area contributed by atoms with E-state index in [9.17, 15) is 4.79 Å². The van der Waals surface area contributed by atoms with E-state index in [4.69, 9.17) is 4.98 Å². The van der Waals surface area contributed by atoms with Gasteiger partial charge in [0.05, 0.1) is 16.8 Å². The molecule has 0 aliphatic carbocycles. The summed E-state index contributed by atoms with van der Waals surface area (Å²) in [5.41, 5.74) is 6.65. The lowest BCUT2D eigenvalue weighted by molar-refractivity contribution is 0.0956. The van der Waals surface area contributed by atoms with E-state index in [0.717, 1.165) is 40.7 Å². The Morgan fingerprint density at radius 3 is 2.67 bits per heavy atom. The second-order valence-corrected chi connectivity index (χ2v) is 6.55. The molecule has 5 heteroatoms. The van der Waals surface area contributed by atoms with E-state index in [1.165, 1.54) is 12.8 Å². The van der Waals surface area contributed by atoms with Crippen LogP contribution in [0.5, 0.6) is 0 Å². The van der Waals surface area contributed by atoms with Gasteiger partial charge in [-0.05, 0) is 44.0 Å². The van der Waals surface area contributed by atoms with Gasteiger partial charge in [0.2, 0.25) is 0 Å². The lowest BCUT2D eigenvalue weighted by atomic mass is 10.0. The highest BCUT2D eigenvalue weighted by Crippen LogP contribution is 2.24. The Morgan fingerprint density at radius 1 is 1.11 bits per heavy atom. The van der Waals surface area contributed by atoms with Gasteiger partial charge in [-0.15, -0.1) is 0 Å². The summed E-state index contributed by atoms with van der Waals surface area (Å²) >= 11 is 0. The van der Waals surface area contributed by atoms with E-state index in [0.29, 0.717) is 5.56 Å². The van der Waals surface area contributed by atoms with E-state index >= 15 is 0 Å². The summed E-state index contributed by atoms with van der Waals surface area (Å²) in [6.07, 6.45) is 7.76. The van der Waals surface area contributed by atoms with Gasteiger partial charge in [-0.3, -0.25) is 9.78 Å². The Hall–Kier alpha value is -3.08. The molecule has 0 bridgehead atoms. The molecule has 27 heavy (non-hydrogen) atoms. The standard InChI is InChI=1S/C22H24N4O/c1-3-4-5-8-16(2)25-26-22(27)19-15-21(17-11-13-23-14-12-17)24-20-10-7-6-9-18(19)20/h6-7,9-15H,3-5,8H2,1-2H3,(H,26,27)/b25-16+. The number of hydrogen-bond donors (Lipinski definition) is 1. The van der Waals surface area contributed by atoms with Gasteiger partial charge >= 0.3 is 0 Å². The quantitative estimate of drug-likeness (QED) is 0.367. The molecule has 1 N–H and O–H groups in total. The van der Waals surface area contributed by atoms with Crippen LogP contribution in [0.15, 0.2) is 60.0 Å². The fourth-order valence-corrected chi connectivity index (χ4v) is 2.93. The van der Waals surface area contributed by atoms with Crippen molar-refractivity contribution in [2.45, 2.75) is 39.5 Å². The van der Waals surface area contributed by atoms with E-state index in [1.807, 2.05) is 49.4 Å². The molecule has 138 valence electrons. The van der Waals surface area contributed by atoms with E-state index in [-0.39, 0.29) is 5.91 Å². The summed E-state index contributed by atoms with van der Waals surface area (Å²) in [5.74, 6) is -0.223. The molecule has 3 aromatic rings. The summed E-state index contributed by atoms with van der Waals surface area (Å²) in [5, 5.41) is 5.08. The zero-order valence-electron chi connectivity index (χ0n) is 15.8. The van der Waals surface area contributed by atoms with Crippen molar-refractivity contribution in [1.82, 2.24) is 15.4 Å². The van der Waals surface area contributed by atoms with Gasteiger partial charge < -0.3 is 0 Å². The van der Waals surface area contributed by atoms with Gasteiger partial charge in [0.25, 0.3) is 5.91 Å². The normalized spacial score (nSPS) is 11.6. The predicted molar refractivity (Wildman–Crippen MR) is 110 cm³/mol. The monoisotopic (exact) mass is 360 g/mol. The number of nitrogens with zero attached hydrogens (tertiary/aromatic N) is 3. The third-order valence-electron chi connectivity index (χ3n) is 4.43. The zero-order valence-corrected chi connectivity index (χ0v) is 15.8. The van der Waals surface area contributed by atoms with Gasteiger partial charge in [-0.1, -0.05) is 38.0 Å². The van der Waals surface area contributed by atoms with Crippen molar-refractivity contribution in [3.63, 3.8) is 0 Å². The van der Waals surface area contributed by atoms with Crippen molar-refractivity contribution in [2.75, 3.05) is 0 Å². The first-order valence-electron chi connectivity index (χ1n) is 9.32. The molecule has 0 saturated carbocycles. The number of carbonyl (C=O) groups excluding carboxylic acids is 1. The van der Waals surface area contributed by atoms with Crippen molar-refractivity contribution in [3.8, 4) is 11.3 Å². The van der Waals surface area contributed by atoms with Crippen LogP contribution in [-0.4, -0.2) is 21.6 Å². The third kappa shape index (κ3) is 4.76. The number of hydrazone groups is 1. The Labute approximate surface area is 159 Å². The number of nitrogens with one attached hydrogen (secondary N) is 1. The predicted octanol–water partition coefficient (Wildman–Crippen LogP) is 4.98. The fraction of sp³-hybridized carbons (Fsp3) is 0.273. The number of para-hydroxylation sites is 1. The lowest BCUT2D eigenvalue weighted by Gasteiger charge is -2.09. The average Bonchev–Trinajstić information content (AvgIpc) is 2.72. The van der Waals surface area contributed by atoms with Crippen LogP contribution >= 0.6 is 0 Å². The van der Waals surface area contributed by atoms with Gasteiger partial charge in [-0.2, -0.15) is 5.10 Å². The molecule has 0 atom stereocenters. The molecule has 0 radical (unpaired) electrons. The molecule has 1 amide bonds. The van der Waals surface area contributed by atoms with Gasteiger partial charge in [-0.25, -0.2) is 10.4 Å². The van der Waals surface area contributed by atoms with Crippen molar-refractivity contribution in [3.05, 3.63) is 60.4 Å². The summed E-state index contributed by atoms with van der Waals surface area (Å²) in [6, 6.07) is 13.2.